The molecule has 118 valence electrons. The van der Waals surface area contributed by atoms with Gasteiger partial charge < -0.3 is 14.9 Å². The normalized spacial score (nSPS) is 13.9. The number of hydrogen-bond donors (Lipinski definition) is 2. The average molecular weight is 305 g/mol. The smallest absolute Gasteiger partial charge is 0.272 e. The molecular weight excluding hydrogens is 286 g/mol. The van der Waals surface area contributed by atoms with E-state index in [2.05, 4.69) is 20.6 Å². The number of aliphatic hydroxyl groups excluding tert-OH is 1. The van der Waals surface area contributed by atoms with E-state index in [1.165, 1.54) is 5.69 Å². The van der Waals surface area contributed by atoms with Gasteiger partial charge in [0, 0.05) is 31.3 Å². The van der Waals surface area contributed by atoms with Gasteiger partial charge in [0.25, 0.3) is 11.8 Å². The fourth-order valence-corrected chi connectivity index (χ4v) is 2.78. The summed E-state index contributed by atoms with van der Waals surface area (Å²) in [6.07, 6.45) is 4.60. The summed E-state index contributed by atoms with van der Waals surface area (Å²) in [5.41, 5.74) is 2.77. The predicted molar refractivity (Wildman–Crippen MR) is 76.1 cm³/mol. The van der Waals surface area contributed by atoms with Crippen LogP contribution in [0.25, 0.3) is 0 Å². The molecule has 0 aliphatic heterocycles. The SMILES string of the molecule is Cn1nc(C(=O)NCCc2noc(CO)n2)c2c1CCCC2. The van der Waals surface area contributed by atoms with Crippen molar-refractivity contribution in [2.75, 3.05) is 6.54 Å². The van der Waals surface area contributed by atoms with Crippen LogP contribution >= 0.6 is 0 Å². The standard InChI is InChI=1S/C14H19N5O3/c1-19-10-5-3-2-4-9(10)13(17-19)14(21)15-7-6-11-16-12(8-20)22-18-11/h20H,2-8H2,1H3,(H,15,21). The number of fused-ring (bicyclic) bond motifs is 1. The van der Waals surface area contributed by atoms with E-state index < -0.39 is 0 Å². The molecule has 0 saturated carbocycles. The zero-order valence-corrected chi connectivity index (χ0v) is 12.5. The molecule has 2 heterocycles. The summed E-state index contributed by atoms with van der Waals surface area (Å²) in [5, 5.41) is 19.8. The first kappa shape index (κ1) is 14.7. The van der Waals surface area contributed by atoms with Gasteiger partial charge in [-0.1, -0.05) is 5.16 Å². The van der Waals surface area contributed by atoms with Gasteiger partial charge >= 0.3 is 0 Å². The van der Waals surface area contributed by atoms with Crippen molar-refractivity contribution in [2.24, 2.45) is 7.05 Å². The Hall–Kier alpha value is -2.22. The van der Waals surface area contributed by atoms with Crippen LogP contribution in [-0.4, -0.2) is 37.5 Å². The fraction of sp³-hybridized carbons (Fsp3) is 0.571. The number of nitrogens with one attached hydrogen (secondary N) is 1. The van der Waals surface area contributed by atoms with Crippen molar-refractivity contribution in [3.05, 3.63) is 28.7 Å². The van der Waals surface area contributed by atoms with Gasteiger partial charge in [-0.25, -0.2) is 0 Å². The molecule has 0 spiro atoms. The lowest BCUT2D eigenvalue weighted by molar-refractivity contribution is 0.0947. The van der Waals surface area contributed by atoms with Crippen molar-refractivity contribution >= 4 is 5.91 Å². The maximum Gasteiger partial charge on any atom is 0.272 e. The van der Waals surface area contributed by atoms with Crippen molar-refractivity contribution in [3.63, 3.8) is 0 Å². The lowest BCUT2D eigenvalue weighted by Crippen LogP contribution is -2.27. The van der Waals surface area contributed by atoms with Crippen molar-refractivity contribution in [2.45, 2.75) is 38.7 Å². The Morgan fingerprint density at radius 1 is 1.41 bits per heavy atom. The number of carbonyl (C=O) groups excluding carboxylic acids is 1. The summed E-state index contributed by atoms with van der Waals surface area (Å²) in [6.45, 7) is 0.119. The second-order valence-corrected chi connectivity index (χ2v) is 5.37. The topological polar surface area (TPSA) is 106 Å². The first-order valence-corrected chi connectivity index (χ1v) is 7.44. The Morgan fingerprint density at radius 2 is 2.23 bits per heavy atom. The van der Waals surface area contributed by atoms with Crippen LogP contribution in [0.2, 0.25) is 0 Å². The van der Waals surface area contributed by atoms with Crippen LogP contribution in [0.15, 0.2) is 4.52 Å². The zero-order valence-electron chi connectivity index (χ0n) is 12.5. The van der Waals surface area contributed by atoms with Crippen LogP contribution in [-0.2, 0) is 32.9 Å². The van der Waals surface area contributed by atoms with Gasteiger partial charge in [-0.05, 0) is 25.7 Å². The molecule has 0 aromatic carbocycles. The summed E-state index contributed by atoms with van der Waals surface area (Å²) in [4.78, 5) is 16.3. The van der Waals surface area contributed by atoms with E-state index >= 15 is 0 Å². The first-order chi connectivity index (χ1) is 10.7. The van der Waals surface area contributed by atoms with Crippen LogP contribution in [0.1, 0.15) is 46.3 Å². The molecule has 3 rings (SSSR count). The van der Waals surface area contributed by atoms with E-state index in [0.717, 1.165) is 31.2 Å². The van der Waals surface area contributed by atoms with Crippen molar-refractivity contribution in [3.8, 4) is 0 Å². The van der Waals surface area contributed by atoms with Gasteiger partial charge in [-0.3, -0.25) is 9.48 Å². The molecule has 0 radical (unpaired) electrons. The number of rotatable bonds is 5. The minimum atomic E-state index is -0.278. The van der Waals surface area contributed by atoms with Crippen LogP contribution in [0.5, 0.6) is 0 Å². The molecule has 2 aromatic heterocycles. The number of nitrogens with zero attached hydrogens (tertiary/aromatic N) is 4. The van der Waals surface area contributed by atoms with E-state index in [1.807, 2.05) is 11.7 Å². The molecule has 22 heavy (non-hydrogen) atoms. The van der Waals surface area contributed by atoms with E-state index in [4.69, 9.17) is 9.63 Å². The number of aryl methyl sites for hydroxylation is 1. The van der Waals surface area contributed by atoms with Gasteiger partial charge in [0.15, 0.2) is 11.5 Å². The molecule has 0 atom stereocenters. The van der Waals surface area contributed by atoms with Gasteiger partial charge in [0.05, 0.1) is 0 Å². The third-order valence-corrected chi connectivity index (χ3v) is 3.86. The third-order valence-electron chi connectivity index (χ3n) is 3.86. The van der Waals surface area contributed by atoms with Crippen molar-refractivity contribution in [1.82, 2.24) is 25.2 Å². The fourth-order valence-electron chi connectivity index (χ4n) is 2.78. The predicted octanol–water partition coefficient (Wildman–Crippen LogP) is 0.147. The largest absolute Gasteiger partial charge is 0.387 e. The second kappa shape index (κ2) is 6.27. The summed E-state index contributed by atoms with van der Waals surface area (Å²) >= 11 is 0. The highest BCUT2D eigenvalue weighted by molar-refractivity contribution is 5.94. The first-order valence-electron chi connectivity index (χ1n) is 7.44. The van der Waals surface area contributed by atoms with Crippen LogP contribution < -0.4 is 5.32 Å². The molecular formula is C14H19N5O3. The van der Waals surface area contributed by atoms with Gasteiger partial charge in [0.2, 0.25) is 0 Å². The highest BCUT2D eigenvalue weighted by Gasteiger charge is 2.23. The molecule has 1 aliphatic rings. The number of hydrogen-bond acceptors (Lipinski definition) is 6. The molecule has 0 saturated heterocycles. The second-order valence-electron chi connectivity index (χ2n) is 5.37. The lowest BCUT2D eigenvalue weighted by atomic mass is 9.95. The molecule has 0 fully saturated rings. The Morgan fingerprint density at radius 3 is 3.00 bits per heavy atom. The van der Waals surface area contributed by atoms with Crippen LogP contribution in [0, 0.1) is 0 Å². The summed E-state index contributed by atoms with van der Waals surface area (Å²) in [7, 11) is 1.89. The Labute approximate surface area is 127 Å². The molecule has 2 N–H and O–H groups in total. The monoisotopic (exact) mass is 305 g/mol. The molecule has 1 amide bonds. The van der Waals surface area contributed by atoms with Crippen LogP contribution in [0.3, 0.4) is 0 Å². The number of carbonyl (C=O) groups is 1. The van der Waals surface area contributed by atoms with Gasteiger partial charge in [-0.2, -0.15) is 10.1 Å². The molecule has 8 nitrogen and oxygen atoms in total. The maximum absolute atomic E-state index is 12.3. The molecule has 2 aromatic rings. The Balaban J connectivity index is 1.60. The van der Waals surface area contributed by atoms with Crippen molar-refractivity contribution in [1.29, 1.82) is 0 Å². The Bertz CT molecular complexity index is 676. The minimum Gasteiger partial charge on any atom is -0.387 e. The average Bonchev–Trinajstić information content (AvgIpc) is 3.12. The molecule has 1 aliphatic carbocycles. The van der Waals surface area contributed by atoms with Gasteiger partial charge in [-0.15, -0.1) is 0 Å². The van der Waals surface area contributed by atoms with Crippen molar-refractivity contribution < 1.29 is 14.4 Å². The zero-order chi connectivity index (χ0) is 15.5. The minimum absolute atomic E-state index is 0.162. The number of aromatic nitrogens is 4. The highest BCUT2D eigenvalue weighted by Crippen LogP contribution is 2.23. The number of amides is 1. The lowest BCUT2D eigenvalue weighted by Gasteiger charge is -2.12. The highest BCUT2D eigenvalue weighted by atomic mass is 16.5. The summed E-state index contributed by atoms with van der Waals surface area (Å²) in [6, 6.07) is 0. The van der Waals surface area contributed by atoms with E-state index in [1.54, 1.807) is 0 Å². The van der Waals surface area contributed by atoms with E-state index in [0.29, 0.717) is 24.5 Å². The molecule has 0 unspecified atom stereocenters. The van der Waals surface area contributed by atoms with Crippen LogP contribution in [0.4, 0.5) is 0 Å². The molecule has 0 bridgehead atoms. The quantitative estimate of drug-likeness (QED) is 0.814. The van der Waals surface area contributed by atoms with E-state index in [-0.39, 0.29) is 18.4 Å². The maximum atomic E-state index is 12.3. The Kier molecular flexibility index (Phi) is 4.19. The summed E-state index contributed by atoms with van der Waals surface area (Å²) < 4.78 is 6.61. The number of aliphatic hydroxyl groups is 1. The van der Waals surface area contributed by atoms with E-state index in [9.17, 15) is 4.79 Å². The summed E-state index contributed by atoms with van der Waals surface area (Å²) in [5.74, 6) is 0.483. The third kappa shape index (κ3) is 2.87. The molecule has 8 heteroatoms. The van der Waals surface area contributed by atoms with Gasteiger partial charge in [0.1, 0.15) is 6.61 Å².